The van der Waals surface area contributed by atoms with Crippen molar-refractivity contribution in [2.24, 2.45) is 0 Å². The molecule has 1 N–H and O–H groups in total. The van der Waals surface area contributed by atoms with Gasteiger partial charge in [0.05, 0.1) is 11.2 Å². The van der Waals surface area contributed by atoms with E-state index in [1.54, 1.807) is 11.3 Å². The molecule has 0 bridgehead atoms. The van der Waals surface area contributed by atoms with E-state index in [1.165, 1.54) is 5.69 Å². The molecule has 2 aromatic heterocycles. The van der Waals surface area contributed by atoms with Crippen LogP contribution in [0.25, 0.3) is 0 Å². The smallest absolute Gasteiger partial charge is 0.226 e. The van der Waals surface area contributed by atoms with Gasteiger partial charge in [-0.25, -0.2) is 9.97 Å². The number of piperidine rings is 1. The summed E-state index contributed by atoms with van der Waals surface area (Å²) < 4.78 is 0. The molecule has 0 saturated carbocycles. The van der Waals surface area contributed by atoms with Crippen molar-refractivity contribution in [3.63, 3.8) is 0 Å². The maximum absolute atomic E-state index is 4.53. The summed E-state index contributed by atoms with van der Waals surface area (Å²) in [5, 5.41) is 5.67. The lowest BCUT2D eigenvalue weighted by atomic mass is 10.0. The topological polar surface area (TPSA) is 57.2 Å². The van der Waals surface area contributed by atoms with Gasteiger partial charge in [-0.3, -0.25) is 4.90 Å². The Labute approximate surface area is 135 Å². The highest BCUT2D eigenvalue weighted by atomic mass is 32.1. The lowest BCUT2D eigenvalue weighted by Crippen LogP contribution is -2.38. The maximum Gasteiger partial charge on any atom is 0.226 e. The third-order valence-electron chi connectivity index (χ3n) is 3.85. The zero-order valence-corrected chi connectivity index (χ0v) is 13.9. The third kappa shape index (κ3) is 3.92. The van der Waals surface area contributed by atoms with E-state index >= 15 is 0 Å². The molecule has 118 valence electrons. The average molecular weight is 318 g/mol. The van der Waals surface area contributed by atoms with Crippen LogP contribution in [0.15, 0.2) is 23.2 Å². The van der Waals surface area contributed by atoms with Crippen LogP contribution in [-0.2, 0) is 6.54 Å². The molecule has 3 heterocycles. The third-order valence-corrected chi connectivity index (χ3v) is 4.49. The first-order valence-electron chi connectivity index (χ1n) is 7.57. The van der Waals surface area contributed by atoms with E-state index in [-0.39, 0.29) is 0 Å². The number of rotatable bonds is 5. The van der Waals surface area contributed by atoms with Gasteiger partial charge in [0.1, 0.15) is 5.82 Å². The molecule has 1 saturated heterocycles. The minimum Gasteiger partial charge on any atom is -0.367 e. The van der Waals surface area contributed by atoms with Crippen LogP contribution in [0.3, 0.4) is 0 Å². The minimum atomic E-state index is 0.483. The van der Waals surface area contributed by atoms with Gasteiger partial charge in [-0.05, 0) is 18.9 Å². The van der Waals surface area contributed by atoms with Gasteiger partial charge >= 0.3 is 0 Å². The van der Waals surface area contributed by atoms with Crippen molar-refractivity contribution in [3.8, 4) is 0 Å². The molecule has 1 fully saturated rings. The Kier molecular flexibility index (Phi) is 4.84. The highest BCUT2D eigenvalue weighted by molar-refractivity contribution is 7.07. The number of hydrogen-bond donors (Lipinski definition) is 1. The van der Waals surface area contributed by atoms with Gasteiger partial charge < -0.3 is 10.2 Å². The Morgan fingerprint density at radius 1 is 1.32 bits per heavy atom. The zero-order valence-electron chi connectivity index (χ0n) is 13.1. The Bertz CT molecular complexity index is 577. The van der Waals surface area contributed by atoms with Gasteiger partial charge in [-0.1, -0.05) is 0 Å². The Morgan fingerprint density at radius 2 is 2.14 bits per heavy atom. The average Bonchev–Trinajstić information content (AvgIpc) is 3.02. The number of likely N-dealkylation sites (tertiary alicyclic amines) is 1. The van der Waals surface area contributed by atoms with Crippen LogP contribution in [0.1, 0.15) is 18.5 Å². The summed E-state index contributed by atoms with van der Waals surface area (Å²) in [4.78, 5) is 17.5. The van der Waals surface area contributed by atoms with Crippen LogP contribution in [0.2, 0.25) is 0 Å². The van der Waals surface area contributed by atoms with E-state index in [4.69, 9.17) is 0 Å². The second-order valence-electron chi connectivity index (χ2n) is 5.81. The largest absolute Gasteiger partial charge is 0.367 e. The second kappa shape index (κ2) is 7.02. The van der Waals surface area contributed by atoms with Crippen molar-refractivity contribution >= 4 is 23.1 Å². The van der Waals surface area contributed by atoms with Gasteiger partial charge in [0.15, 0.2) is 0 Å². The molecule has 2 aromatic rings. The summed E-state index contributed by atoms with van der Waals surface area (Å²) in [5.74, 6) is 1.66. The fourth-order valence-corrected chi connectivity index (χ4v) is 3.18. The second-order valence-corrected chi connectivity index (χ2v) is 6.53. The molecule has 22 heavy (non-hydrogen) atoms. The number of anilines is 2. The molecule has 0 unspecified atom stereocenters. The molecule has 7 heteroatoms. The lowest BCUT2D eigenvalue weighted by Gasteiger charge is -2.32. The van der Waals surface area contributed by atoms with Crippen LogP contribution in [0, 0.1) is 0 Å². The van der Waals surface area contributed by atoms with E-state index in [9.17, 15) is 0 Å². The Hall–Kier alpha value is -1.73. The predicted octanol–water partition coefficient (Wildman–Crippen LogP) is 2.08. The molecule has 0 radical (unpaired) electrons. The molecule has 3 rings (SSSR count). The number of hydrogen-bond acceptors (Lipinski definition) is 7. The molecule has 0 atom stereocenters. The summed E-state index contributed by atoms with van der Waals surface area (Å²) >= 11 is 1.67. The Morgan fingerprint density at radius 3 is 2.82 bits per heavy atom. The first kappa shape index (κ1) is 15.2. The van der Waals surface area contributed by atoms with Gasteiger partial charge in [0.25, 0.3) is 0 Å². The SMILES string of the molecule is CN(C)c1nccc(NC2CCN(Cc3cscn3)CC2)n1. The van der Waals surface area contributed by atoms with Crippen LogP contribution in [-0.4, -0.2) is 53.1 Å². The normalized spacial score (nSPS) is 16.6. The summed E-state index contributed by atoms with van der Waals surface area (Å²) in [7, 11) is 3.91. The molecule has 1 aliphatic rings. The summed E-state index contributed by atoms with van der Waals surface area (Å²) in [6, 6.07) is 2.42. The minimum absolute atomic E-state index is 0.483. The van der Waals surface area contributed by atoms with Crippen LogP contribution in [0.5, 0.6) is 0 Å². The highest BCUT2D eigenvalue weighted by Crippen LogP contribution is 2.18. The molecule has 0 amide bonds. The molecular formula is C15H22N6S. The quantitative estimate of drug-likeness (QED) is 0.911. The fraction of sp³-hybridized carbons (Fsp3) is 0.533. The van der Waals surface area contributed by atoms with Crippen molar-refractivity contribution in [3.05, 3.63) is 28.8 Å². The van der Waals surface area contributed by atoms with Crippen molar-refractivity contribution in [2.75, 3.05) is 37.4 Å². The van der Waals surface area contributed by atoms with Gasteiger partial charge in [-0.2, -0.15) is 4.98 Å². The van der Waals surface area contributed by atoms with Crippen LogP contribution < -0.4 is 10.2 Å². The van der Waals surface area contributed by atoms with Gasteiger partial charge in [0.2, 0.25) is 5.95 Å². The van der Waals surface area contributed by atoms with E-state index in [0.717, 1.165) is 44.2 Å². The summed E-state index contributed by atoms with van der Waals surface area (Å²) in [6.45, 7) is 3.16. The summed E-state index contributed by atoms with van der Waals surface area (Å²) in [5.41, 5.74) is 3.09. The Balaban J connectivity index is 1.50. The molecule has 0 spiro atoms. The number of thiazole rings is 1. The molecule has 0 aliphatic carbocycles. The van der Waals surface area contributed by atoms with Crippen molar-refractivity contribution in [1.29, 1.82) is 0 Å². The standard InChI is InChI=1S/C15H22N6S/c1-20(2)15-16-6-3-14(19-15)18-12-4-7-21(8-5-12)9-13-10-22-11-17-13/h3,6,10-12H,4-5,7-9H2,1-2H3,(H,16,18,19). The van der Waals surface area contributed by atoms with E-state index in [1.807, 2.05) is 36.8 Å². The molecule has 0 aromatic carbocycles. The first-order valence-corrected chi connectivity index (χ1v) is 8.51. The van der Waals surface area contributed by atoms with Crippen molar-refractivity contribution < 1.29 is 0 Å². The predicted molar refractivity (Wildman–Crippen MR) is 90.4 cm³/mol. The molecular weight excluding hydrogens is 296 g/mol. The summed E-state index contributed by atoms with van der Waals surface area (Å²) in [6.07, 6.45) is 4.07. The van der Waals surface area contributed by atoms with E-state index in [0.29, 0.717) is 6.04 Å². The highest BCUT2D eigenvalue weighted by Gasteiger charge is 2.20. The van der Waals surface area contributed by atoms with E-state index < -0.39 is 0 Å². The van der Waals surface area contributed by atoms with E-state index in [2.05, 4.69) is 30.5 Å². The van der Waals surface area contributed by atoms with Crippen molar-refractivity contribution in [2.45, 2.75) is 25.4 Å². The van der Waals surface area contributed by atoms with Gasteiger partial charge in [0, 0.05) is 51.3 Å². The van der Waals surface area contributed by atoms with Crippen LogP contribution in [0.4, 0.5) is 11.8 Å². The van der Waals surface area contributed by atoms with Crippen LogP contribution >= 0.6 is 11.3 Å². The fourth-order valence-electron chi connectivity index (χ4n) is 2.63. The zero-order chi connectivity index (χ0) is 15.4. The molecule has 6 nitrogen and oxygen atoms in total. The van der Waals surface area contributed by atoms with Crippen molar-refractivity contribution in [1.82, 2.24) is 19.9 Å². The number of nitrogens with one attached hydrogen (secondary N) is 1. The first-order chi connectivity index (χ1) is 10.7. The number of nitrogens with zero attached hydrogens (tertiary/aromatic N) is 5. The lowest BCUT2D eigenvalue weighted by molar-refractivity contribution is 0.209. The molecule has 1 aliphatic heterocycles. The monoisotopic (exact) mass is 318 g/mol. The maximum atomic E-state index is 4.53. The van der Waals surface area contributed by atoms with Gasteiger partial charge in [-0.15, -0.1) is 11.3 Å². The number of aromatic nitrogens is 3.